The smallest absolute Gasteiger partial charge is 0.348 e. The van der Waals surface area contributed by atoms with Gasteiger partial charge in [-0.1, -0.05) is 153 Å². The fourth-order valence-corrected chi connectivity index (χ4v) is 23.2. The summed E-state index contributed by atoms with van der Waals surface area (Å²) in [7, 11) is 3.17. The number of aliphatic hydroxyl groups excluding tert-OH is 2. The van der Waals surface area contributed by atoms with Gasteiger partial charge in [0, 0.05) is 48.3 Å². The van der Waals surface area contributed by atoms with E-state index in [1.807, 2.05) is 18.7 Å². The molecule has 0 aromatic carbocycles. The van der Waals surface area contributed by atoms with E-state index in [1.54, 1.807) is 21.6 Å². The Bertz CT molecular complexity index is 2880. The van der Waals surface area contributed by atoms with Gasteiger partial charge >= 0.3 is 22.8 Å². The Morgan fingerprint density at radius 3 is 1.23 bits per heavy atom. The van der Waals surface area contributed by atoms with Crippen LogP contribution in [0.1, 0.15) is 173 Å². The van der Waals surface area contributed by atoms with Crippen LogP contribution in [0.15, 0.2) is 67.8 Å². The predicted octanol–water partition coefficient (Wildman–Crippen LogP) is 10.9. The summed E-state index contributed by atoms with van der Waals surface area (Å²) >= 11 is 0. The van der Waals surface area contributed by atoms with Crippen molar-refractivity contribution in [3.05, 3.63) is 90.5 Å². The van der Waals surface area contributed by atoms with Crippen molar-refractivity contribution in [2.45, 2.75) is 220 Å². The molecule has 14 rings (SSSR count). The molecule has 12 aliphatic rings. The minimum atomic E-state index is -0.786. The Kier molecular flexibility index (Phi) is 13.4. The maximum Gasteiger partial charge on any atom is 0.348 e. The maximum atomic E-state index is 15.4. The normalized spacial score (nSPS) is 44.1. The second-order valence-electron chi connectivity index (χ2n) is 29.6. The summed E-state index contributed by atoms with van der Waals surface area (Å²) < 4.78 is 10.6. The Morgan fingerprint density at radius 2 is 0.859 bits per heavy atom. The number of hydrogen-bond donors (Lipinski definition) is 2. The Morgan fingerprint density at radius 1 is 0.487 bits per heavy atom. The van der Waals surface area contributed by atoms with Crippen LogP contribution in [0.5, 0.6) is 0 Å². The SMILES string of the molecule is CC(C)[C@@H](C)C=C[C@@H](C)[C@H]1CC[C@H]2C34C=CC5(C[C@@H](O)CC[C@]5(C)[C@H]3CC[C@]12C)n1c(=O)n(CCSSCCn2c(=O)n3n(c2=O)C25C=CC36[C@@H]3CC[C@H]([C@H](C)C=C[C@H](C)C(C)C)[C@@]3(C)CC[C@@H]6[C@@]2(C)CC[C@H](O)C5)c(=O)n14. The van der Waals surface area contributed by atoms with Crippen LogP contribution >= 0.6 is 21.6 Å². The average Bonchev–Trinajstić information content (AvgIpc) is 1.55. The van der Waals surface area contributed by atoms with Crippen molar-refractivity contribution in [2.75, 3.05) is 11.5 Å². The highest BCUT2D eigenvalue weighted by Gasteiger charge is 2.77. The molecule has 6 saturated carbocycles. The number of fused-ring (bicyclic) bond motifs is 2. The van der Waals surface area contributed by atoms with Gasteiger partial charge < -0.3 is 10.2 Å². The molecule has 430 valence electrons. The van der Waals surface area contributed by atoms with Crippen molar-refractivity contribution in [1.29, 1.82) is 0 Å². The Hall–Kier alpha value is -2.94. The van der Waals surface area contributed by atoms with Crippen molar-refractivity contribution in [2.24, 2.45) is 92.7 Å². The lowest BCUT2D eigenvalue weighted by molar-refractivity contribution is -0.199. The second kappa shape index (κ2) is 18.8. The van der Waals surface area contributed by atoms with E-state index in [0.29, 0.717) is 84.5 Å². The van der Waals surface area contributed by atoms with Crippen LogP contribution < -0.4 is 22.8 Å². The van der Waals surface area contributed by atoms with Gasteiger partial charge in [0.05, 0.1) is 34.4 Å². The van der Waals surface area contributed by atoms with E-state index in [1.165, 1.54) is 9.13 Å². The third-order valence-corrected chi connectivity index (χ3v) is 28.4. The first-order valence-electron chi connectivity index (χ1n) is 31.2. The Labute approximate surface area is 472 Å². The van der Waals surface area contributed by atoms with Gasteiger partial charge in [0.15, 0.2) is 0 Å². The van der Waals surface area contributed by atoms with Crippen LogP contribution in [0.3, 0.4) is 0 Å². The third kappa shape index (κ3) is 7.04. The molecule has 2 aromatic rings. The van der Waals surface area contributed by atoms with Crippen LogP contribution in [0.4, 0.5) is 0 Å². The van der Waals surface area contributed by atoms with Crippen molar-refractivity contribution in [3.63, 3.8) is 0 Å². The lowest BCUT2D eigenvalue weighted by atomic mass is 9.40. The molecule has 0 radical (unpaired) electrons. The number of rotatable bonds is 15. The molecule has 78 heavy (non-hydrogen) atoms. The predicted molar refractivity (Wildman–Crippen MR) is 316 cm³/mol. The van der Waals surface area contributed by atoms with E-state index in [2.05, 4.69) is 132 Å². The summed E-state index contributed by atoms with van der Waals surface area (Å²) in [5.41, 5.74) is -4.44. The molecule has 6 fully saturated rings. The van der Waals surface area contributed by atoms with E-state index >= 15 is 19.2 Å². The summed E-state index contributed by atoms with van der Waals surface area (Å²) in [5, 5.41) is 22.8. The monoisotopic (exact) mass is 1110 g/mol. The maximum absolute atomic E-state index is 15.4. The van der Waals surface area contributed by atoms with Crippen LogP contribution in [-0.2, 0) is 35.2 Å². The van der Waals surface area contributed by atoms with Gasteiger partial charge in [-0.25, -0.2) is 47.0 Å². The lowest BCUT2D eigenvalue weighted by Crippen LogP contribution is -2.76. The van der Waals surface area contributed by atoms with Crippen LogP contribution in [-0.4, -0.2) is 61.8 Å². The van der Waals surface area contributed by atoms with Crippen LogP contribution in [0.2, 0.25) is 0 Å². The van der Waals surface area contributed by atoms with E-state index in [0.717, 1.165) is 64.2 Å². The molecule has 8 aliphatic carbocycles. The molecule has 2 aromatic heterocycles. The third-order valence-electron chi connectivity index (χ3n) is 26.1. The van der Waals surface area contributed by atoms with E-state index < -0.39 is 34.4 Å². The molecule has 0 saturated heterocycles. The molecule has 12 nitrogen and oxygen atoms in total. The van der Waals surface area contributed by atoms with Gasteiger partial charge in [0.1, 0.15) is 0 Å². The highest BCUT2D eigenvalue weighted by molar-refractivity contribution is 8.76. The van der Waals surface area contributed by atoms with Crippen molar-refractivity contribution in [3.8, 4) is 0 Å². The zero-order valence-corrected chi connectivity index (χ0v) is 51.1. The number of allylic oxidation sites excluding steroid dienone is 8. The quantitative estimate of drug-likeness (QED) is 0.102. The van der Waals surface area contributed by atoms with E-state index in [4.69, 9.17) is 0 Å². The standard InChI is InChI=1S/C64H96N6O6S2/c1-39(2)41(5)13-15-43(7)47-17-19-49-57(47,9)25-23-51-59(11)27-21-45(71)37-61(59)29-31-63(49,51)69-55(75)65(53(73)67(61)69)33-35-77-78-36-34-66-54(74)68-62-30-32-64(70(68)56(66)76)50-20-18-48(44(8)16-14-42(6)40(3)4)58(50,10)26-24-52(64)60(62,12)28-22-46(72)38-62/h13-16,29-32,39-52,71-72H,17-28,33-38H2,1-12H3/t41-,42-,43+,44+,45-,46-,47+,48+,49+,50+,51+,52+,57+,58+,59+,60+,61?,62?,63?,64?/m0/s1. The van der Waals surface area contributed by atoms with Gasteiger partial charge in [-0.3, -0.25) is 0 Å². The summed E-state index contributed by atoms with van der Waals surface area (Å²) in [6.07, 6.45) is 30.3. The van der Waals surface area contributed by atoms with Crippen molar-refractivity contribution >= 4 is 21.6 Å². The molecule has 4 spiro atoms. The van der Waals surface area contributed by atoms with Crippen LogP contribution in [0, 0.1) is 92.7 Å². The van der Waals surface area contributed by atoms with Crippen molar-refractivity contribution in [1.82, 2.24) is 27.9 Å². The van der Waals surface area contributed by atoms with Crippen LogP contribution in [0.25, 0.3) is 0 Å². The molecular weight excluding hydrogens is 1010 g/mol. The molecule has 0 amide bonds. The number of aliphatic hydroxyl groups is 2. The van der Waals surface area contributed by atoms with Gasteiger partial charge in [0.2, 0.25) is 0 Å². The minimum Gasteiger partial charge on any atom is -0.393 e. The first-order chi connectivity index (χ1) is 36.9. The van der Waals surface area contributed by atoms with Gasteiger partial charge in [-0.05, 0) is 159 Å². The van der Waals surface area contributed by atoms with Gasteiger partial charge in [0.25, 0.3) is 0 Å². The minimum absolute atomic E-state index is 0.0143. The summed E-state index contributed by atoms with van der Waals surface area (Å²) in [6, 6.07) is 0. The number of nitrogens with zero attached hydrogens (tertiary/aromatic N) is 6. The summed E-state index contributed by atoms with van der Waals surface area (Å²) in [4.78, 5) is 61.1. The molecule has 4 aliphatic heterocycles. The average molecular weight is 1110 g/mol. The first kappa shape index (κ1) is 55.6. The van der Waals surface area contributed by atoms with Crippen molar-refractivity contribution < 1.29 is 10.2 Å². The number of aromatic nitrogens is 6. The highest BCUT2D eigenvalue weighted by atomic mass is 33.1. The first-order valence-corrected chi connectivity index (χ1v) is 33.6. The zero-order chi connectivity index (χ0) is 55.7. The highest BCUT2D eigenvalue weighted by Crippen LogP contribution is 2.76. The zero-order valence-electron chi connectivity index (χ0n) is 49.5. The van der Waals surface area contributed by atoms with E-state index in [-0.39, 0.29) is 81.2 Å². The molecule has 4 unspecified atom stereocenters. The van der Waals surface area contributed by atoms with Gasteiger partial charge in [-0.15, -0.1) is 0 Å². The fraction of sp³-hybridized carbons (Fsp3) is 0.812. The molecule has 6 heterocycles. The fourth-order valence-electron chi connectivity index (χ4n) is 21.3. The molecule has 4 bridgehead atoms. The molecular formula is C64H96N6O6S2. The number of hydrogen-bond acceptors (Lipinski definition) is 8. The topological polar surface area (TPSA) is 138 Å². The van der Waals surface area contributed by atoms with E-state index in [9.17, 15) is 10.2 Å². The largest absolute Gasteiger partial charge is 0.393 e. The summed E-state index contributed by atoms with van der Waals surface area (Å²) in [5.74, 6) is 5.67. The molecule has 2 N–H and O–H groups in total. The molecule has 20 atom stereocenters. The summed E-state index contributed by atoms with van der Waals surface area (Å²) in [6.45, 7) is 28.8. The molecule has 14 heteroatoms. The lowest BCUT2D eigenvalue weighted by Gasteiger charge is -2.71. The second-order valence-corrected chi connectivity index (χ2v) is 32.3. The Balaban J connectivity index is 0.812. The van der Waals surface area contributed by atoms with Gasteiger partial charge in [-0.2, -0.15) is 0 Å².